The molecule has 5 nitrogen and oxygen atoms in total. The third-order valence-electron chi connectivity index (χ3n) is 2.41. The van der Waals surface area contributed by atoms with Gasteiger partial charge in [0.1, 0.15) is 0 Å². The van der Waals surface area contributed by atoms with E-state index in [0.29, 0.717) is 6.42 Å². The molecule has 0 heterocycles. The number of benzene rings is 1. The summed E-state index contributed by atoms with van der Waals surface area (Å²) in [5, 5.41) is 14.3. The van der Waals surface area contributed by atoms with Crippen LogP contribution in [0, 0.1) is 0 Å². The van der Waals surface area contributed by atoms with E-state index >= 15 is 0 Å². The van der Waals surface area contributed by atoms with E-state index < -0.39 is 0 Å². The molecule has 0 aliphatic rings. The van der Waals surface area contributed by atoms with Gasteiger partial charge in [0.25, 0.3) is 0 Å². The molecule has 1 aromatic carbocycles. The molecule has 0 saturated heterocycles. The SMILES string of the molecule is CC(=O)NCC(=O)N[C@H](CO)Cc1ccccc1. The Kier molecular flexibility index (Phi) is 5.87. The van der Waals surface area contributed by atoms with Gasteiger partial charge in [-0.2, -0.15) is 0 Å². The Bertz CT molecular complexity index is 392. The van der Waals surface area contributed by atoms with Gasteiger partial charge in [-0.15, -0.1) is 0 Å². The molecule has 0 aliphatic heterocycles. The van der Waals surface area contributed by atoms with Crippen LogP contribution in [0.15, 0.2) is 30.3 Å². The van der Waals surface area contributed by atoms with Crippen molar-refractivity contribution in [3.63, 3.8) is 0 Å². The molecule has 1 aromatic rings. The monoisotopic (exact) mass is 250 g/mol. The Balaban J connectivity index is 2.42. The van der Waals surface area contributed by atoms with Crippen LogP contribution in [-0.2, 0) is 16.0 Å². The summed E-state index contributed by atoms with van der Waals surface area (Å²) in [5.41, 5.74) is 1.04. The Labute approximate surface area is 106 Å². The zero-order valence-corrected chi connectivity index (χ0v) is 10.3. The maximum atomic E-state index is 11.5. The normalized spacial score (nSPS) is 11.7. The van der Waals surface area contributed by atoms with Gasteiger partial charge in [0.05, 0.1) is 19.2 Å². The second-order valence-electron chi connectivity index (χ2n) is 4.05. The van der Waals surface area contributed by atoms with Crippen molar-refractivity contribution < 1.29 is 14.7 Å². The summed E-state index contributed by atoms with van der Waals surface area (Å²) in [6.07, 6.45) is 0.559. The minimum Gasteiger partial charge on any atom is -0.394 e. The summed E-state index contributed by atoms with van der Waals surface area (Å²) in [6, 6.07) is 9.25. The van der Waals surface area contributed by atoms with Gasteiger partial charge in [-0.25, -0.2) is 0 Å². The third kappa shape index (κ3) is 5.45. The van der Waals surface area contributed by atoms with Crippen LogP contribution in [0.25, 0.3) is 0 Å². The van der Waals surface area contributed by atoms with Gasteiger partial charge in [-0.1, -0.05) is 30.3 Å². The van der Waals surface area contributed by atoms with E-state index in [1.54, 1.807) is 0 Å². The zero-order chi connectivity index (χ0) is 13.4. The van der Waals surface area contributed by atoms with Crippen LogP contribution in [0.5, 0.6) is 0 Å². The molecule has 1 atom stereocenters. The summed E-state index contributed by atoms with van der Waals surface area (Å²) >= 11 is 0. The van der Waals surface area contributed by atoms with Crippen molar-refractivity contribution in [1.29, 1.82) is 0 Å². The predicted octanol–water partition coefficient (Wildman–Crippen LogP) is -0.158. The Morgan fingerprint density at radius 3 is 2.50 bits per heavy atom. The molecule has 0 spiro atoms. The molecule has 5 heteroatoms. The predicted molar refractivity (Wildman–Crippen MR) is 67.8 cm³/mol. The van der Waals surface area contributed by atoms with Crippen LogP contribution in [0.1, 0.15) is 12.5 Å². The molecule has 98 valence electrons. The first kappa shape index (κ1) is 14.2. The number of rotatable bonds is 6. The van der Waals surface area contributed by atoms with E-state index in [9.17, 15) is 14.7 Å². The van der Waals surface area contributed by atoms with E-state index in [1.807, 2.05) is 30.3 Å². The van der Waals surface area contributed by atoms with Crippen molar-refractivity contribution in [3.8, 4) is 0 Å². The van der Waals surface area contributed by atoms with Crippen molar-refractivity contribution >= 4 is 11.8 Å². The van der Waals surface area contributed by atoms with Crippen molar-refractivity contribution in [3.05, 3.63) is 35.9 Å². The molecule has 0 unspecified atom stereocenters. The summed E-state index contributed by atoms with van der Waals surface area (Å²) in [7, 11) is 0. The second-order valence-corrected chi connectivity index (χ2v) is 4.05. The van der Waals surface area contributed by atoms with E-state index in [0.717, 1.165) is 5.56 Å². The summed E-state index contributed by atoms with van der Waals surface area (Å²) < 4.78 is 0. The average molecular weight is 250 g/mol. The van der Waals surface area contributed by atoms with E-state index in [4.69, 9.17) is 0 Å². The van der Waals surface area contributed by atoms with Gasteiger partial charge in [0, 0.05) is 6.92 Å². The molecule has 0 aromatic heterocycles. The zero-order valence-electron chi connectivity index (χ0n) is 10.3. The lowest BCUT2D eigenvalue weighted by Crippen LogP contribution is -2.44. The number of nitrogens with one attached hydrogen (secondary N) is 2. The Hall–Kier alpha value is -1.88. The molecule has 0 saturated carbocycles. The highest BCUT2D eigenvalue weighted by molar-refractivity contribution is 5.83. The van der Waals surface area contributed by atoms with Crippen molar-refractivity contribution in [2.24, 2.45) is 0 Å². The van der Waals surface area contributed by atoms with Gasteiger partial charge in [-0.3, -0.25) is 9.59 Å². The standard InChI is InChI=1S/C13H18N2O3/c1-10(17)14-8-13(18)15-12(9-16)7-11-5-3-2-4-6-11/h2-6,12,16H,7-9H2,1H3,(H,14,17)(H,15,18)/t12-/m0/s1. The molecule has 18 heavy (non-hydrogen) atoms. The van der Waals surface area contributed by atoms with Gasteiger partial charge in [0.15, 0.2) is 0 Å². The topological polar surface area (TPSA) is 78.4 Å². The summed E-state index contributed by atoms with van der Waals surface area (Å²) in [5.74, 6) is -0.561. The van der Waals surface area contributed by atoms with Crippen molar-refractivity contribution in [2.45, 2.75) is 19.4 Å². The van der Waals surface area contributed by atoms with Gasteiger partial charge in [0.2, 0.25) is 11.8 Å². The number of hydrogen-bond acceptors (Lipinski definition) is 3. The highest BCUT2D eigenvalue weighted by Crippen LogP contribution is 2.02. The van der Waals surface area contributed by atoms with Crippen LogP contribution >= 0.6 is 0 Å². The Morgan fingerprint density at radius 1 is 1.28 bits per heavy atom. The molecule has 1 rings (SSSR count). The maximum absolute atomic E-state index is 11.5. The van der Waals surface area contributed by atoms with Crippen LogP contribution < -0.4 is 10.6 Å². The smallest absolute Gasteiger partial charge is 0.239 e. The summed E-state index contributed by atoms with van der Waals surface area (Å²) in [6.45, 7) is 1.14. The first-order valence-corrected chi connectivity index (χ1v) is 5.80. The average Bonchev–Trinajstić information content (AvgIpc) is 2.37. The Morgan fingerprint density at radius 2 is 1.94 bits per heavy atom. The van der Waals surface area contributed by atoms with Gasteiger partial charge >= 0.3 is 0 Å². The maximum Gasteiger partial charge on any atom is 0.239 e. The van der Waals surface area contributed by atoms with Crippen LogP contribution in [-0.4, -0.2) is 36.1 Å². The van der Waals surface area contributed by atoms with Gasteiger partial charge in [-0.05, 0) is 12.0 Å². The number of amides is 2. The largest absolute Gasteiger partial charge is 0.394 e. The van der Waals surface area contributed by atoms with E-state index in [1.165, 1.54) is 6.92 Å². The van der Waals surface area contributed by atoms with Crippen molar-refractivity contribution in [1.82, 2.24) is 10.6 Å². The highest BCUT2D eigenvalue weighted by atomic mass is 16.3. The van der Waals surface area contributed by atoms with Crippen LogP contribution in [0.4, 0.5) is 0 Å². The second kappa shape index (κ2) is 7.45. The molecule has 0 aliphatic carbocycles. The fourth-order valence-corrected chi connectivity index (χ4v) is 1.54. The number of carbonyl (C=O) groups is 2. The fraction of sp³-hybridized carbons (Fsp3) is 0.385. The van der Waals surface area contributed by atoms with E-state index in [-0.39, 0.29) is 31.0 Å². The minimum absolute atomic E-state index is 0.0688. The lowest BCUT2D eigenvalue weighted by molar-refractivity contribution is -0.125. The van der Waals surface area contributed by atoms with Crippen LogP contribution in [0.3, 0.4) is 0 Å². The molecular formula is C13H18N2O3. The van der Waals surface area contributed by atoms with Gasteiger partial charge < -0.3 is 15.7 Å². The lowest BCUT2D eigenvalue weighted by Gasteiger charge is -2.16. The molecule has 2 amide bonds. The number of hydrogen-bond donors (Lipinski definition) is 3. The summed E-state index contributed by atoms with van der Waals surface area (Å²) in [4.78, 5) is 22.1. The lowest BCUT2D eigenvalue weighted by atomic mass is 10.1. The third-order valence-corrected chi connectivity index (χ3v) is 2.41. The quantitative estimate of drug-likeness (QED) is 0.656. The first-order valence-electron chi connectivity index (χ1n) is 5.80. The van der Waals surface area contributed by atoms with Crippen molar-refractivity contribution in [2.75, 3.05) is 13.2 Å². The molecular weight excluding hydrogens is 232 g/mol. The first-order chi connectivity index (χ1) is 8.61. The van der Waals surface area contributed by atoms with E-state index in [2.05, 4.69) is 10.6 Å². The number of aliphatic hydroxyl groups is 1. The number of aliphatic hydroxyl groups excluding tert-OH is 1. The minimum atomic E-state index is -0.339. The molecule has 0 bridgehead atoms. The fourth-order valence-electron chi connectivity index (χ4n) is 1.54. The molecule has 3 N–H and O–H groups in total. The molecule has 0 radical (unpaired) electrons. The van der Waals surface area contributed by atoms with Crippen LogP contribution in [0.2, 0.25) is 0 Å². The highest BCUT2D eigenvalue weighted by Gasteiger charge is 2.11. The number of carbonyl (C=O) groups excluding carboxylic acids is 2. The molecule has 0 fully saturated rings.